The predicted octanol–water partition coefficient (Wildman–Crippen LogP) is 2.94. The number of aromatic nitrogens is 2. The maximum atomic E-state index is 12.7. The summed E-state index contributed by atoms with van der Waals surface area (Å²) in [4.78, 5) is 14.3. The normalized spacial score (nSPS) is 14.3. The smallest absolute Gasteiger partial charge is 0.370 e. The molecule has 0 atom stereocenters. The molecule has 3 rings (SSSR count). The summed E-state index contributed by atoms with van der Waals surface area (Å²) in [6, 6.07) is 6.24. The van der Waals surface area contributed by atoms with Crippen LogP contribution in [0.4, 0.5) is 24.7 Å². The lowest BCUT2D eigenvalue weighted by Crippen LogP contribution is -2.29. The van der Waals surface area contributed by atoms with Crippen molar-refractivity contribution < 1.29 is 18.0 Å². The van der Waals surface area contributed by atoms with Gasteiger partial charge < -0.3 is 15.5 Å². The average molecular weight is 379 g/mol. The molecule has 0 radical (unpaired) electrons. The molecule has 1 fully saturated rings. The molecule has 0 unspecified atom stereocenters. The van der Waals surface area contributed by atoms with Crippen molar-refractivity contribution in [1.29, 1.82) is 0 Å². The van der Waals surface area contributed by atoms with Crippen LogP contribution >= 0.6 is 0 Å². The highest BCUT2D eigenvalue weighted by Gasteiger charge is 2.30. The van der Waals surface area contributed by atoms with E-state index in [2.05, 4.69) is 25.7 Å². The fourth-order valence-electron chi connectivity index (χ4n) is 2.90. The number of amides is 1. The Labute approximate surface area is 154 Å². The Balaban J connectivity index is 1.49. The van der Waals surface area contributed by atoms with Crippen LogP contribution in [0, 0.1) is 0 Å². The summed E-state index contributed by atoms with van der Waals surface area (Å²) in [5, 5.41) is 13.6. The van der Waals surface area contributed by atoms with Crippen LogP contribution < -0.4 is 15.5 Å². The highest BCUT2D eigenvalue weighted by molar-refractivity contribution is 5.94. The van der Waals surface area contributed by atoms with Crippen LogP contribution in [-0.4, -0.2) is 42.3 Å². The van der Waals surface area contributed by atoms with E-state index in [9.17, 15) is 18.0 Å². The van der Waals surface area contributed by atoms with Crippen molar-refractivity contribution in [3.8, 4) is 0 Å². The maximum absolute atomic E-state index is 12.7. The first-order valence-corrected chi connectivity index (χ1v) is 8.70. The van der Waals surface area contributed by atoms with Gasteiger partial charge in [-0.15, -0.1) is 5.10 Å². The van der Waals surface area contributed by atoms with Gasteiger partial charge in [0.05, 0.1) is 17.4 Å². The van der Waals surface area contributed by atoms with E-state index in [1.807, 2.05) is 6.07 Å². The molecule has 2 heterocycles. The minimum atomic E-state index is -4.48. The first-order chi connectivity index (χ1) is 12.9. The van der Waals surface area contributed by atoms with E-state index in [1.165, 1.54) is 12.1 Å². The number of carbonyl (C=O) groups excluding carboxylic acids is 1. The molecule has 1 saturated heterocycles. The molecule has 6 nitrogen and oxygen atoms in total. The number of nitrogens with zero attached hydrogens (tertiary/aromatic N) is 3. The molecule has 2 aromatic rings. The summed E-state index contributed by atoms with van der Waals surface area (Å²) in [5.41, 5.74) is 0.126. The Hall–Kier alpha value is -2.84. The van der Waals surface area contributed by atoms with Crippen LogP contribution in [0.5, 0.6) is 0 Å². The molecule has 9 heteroatoms. The van der Waals surface area contributed by atoms with Crippen molar-refractivity contribution in [3.63, 3.8) is 0 Å². The van der Waals surface area contributed by atoms with Crippen molar-refractivity contribution in [1.82, 2.24) is 15.5 Å². The fourth-order valence-corrected chi connectivity index (χ4v) is 2.90. The van der Waals surface area contributed by atoms with Gasteiger partial charge in [0.2, 0.25) is 0 Å². The molecule has 1 aromatic heterocycles. The molecular formula is C18H20F3N5O. The summed E-state index contributed by atoms with van der Waals surface area (Å²) in [7, 11) is 0. The van der Waals surface area contributed by atoms with E-state index >= 15 is 0 Å². The zero-order valence-corrected chi connectivity index (χ0v) is 14.6. The van der Waals surface area contributed by atoms with Crippen LogP contribution in [0.2, 0.25) is 0 Å². The zero-order chi connectivity index (χ0) is 19.3. The maximum Gasteiger partial charge on any atom is 0.416 e. The zero-order valence-electron chi connectivity index (χ0n) is 14.6. The van der Waals surface area contributed by atoms with Crippen LogP contribution in [0.15, 0.2) is 36.5 Å². The van der Waals surface area contributed by atoms with Gasteiger partial charge in [0.15, 0.2) is 5.82 Å². The van der Waals surface area contributed by atoms with Gasteiger partial charge in [-0.25, -0.2) is 0 Å². The summed E-state index contributed by atoms with van der Waals surface area (Å²) < 4.78 is 38.1. The monoisotopic (exact) mass is 379 g/mol. The number of hydrogen-bond acceptors (Lipinski definition) is 5. The first kappa shape index (κ1) is 18.9. The number of hydrogen-bond donors (Lipinski definition) is 2. The van der Waals surface area contributed by atoms with Crippen LogP contribution in [0.25, 0.3) is 0 Å². The second kappa shape index (κ2) is 8.24. The summed E-state index contributed by atoms with van der Waals surface area (Å²) in [6.07, 6.45) is -0.442. The van der Waals surface area contributed by atoms with Crippen molar-refractivity contribution in [2.75, 3.05) is 36.4 Å². The number of halogens is 3. The quantitative estimate of drug-likeness (QED) is 0.756. The molecule has 1 amide bonds. The largest absolute Gasteiger partial charge is 0.416 e. The highest BCUT2D eigenvalue weighted by Crippen LogP contribution is 2.29. The molecule has 27 heavy (non-hydrogen) atoms. The number of carbonyl (C=O) groups is 1. The average Bonchev–Trinajstić information content (AvgIpc) is 3.19. The summed E-state index contributed by atoms with van der Waals surface area (Å²) >= 11 is 0. The molecule has 0 saturated carbocycles. The molecule has 0 spiro atoms. The third kappa shape index (κ3) is 5.08. The lowest BCUT2D eigenvalue weighted by Gasteiger charge is -2.17. The Morgan fingerprint density at radius 2 is 1.93 bits per heavy atom. The topological polar surface area (TPSA) is 70.2 Å². The van der Waals surface area contributed by atoms with Gasteiger partial charge in [-0.2, -0.15) is 18.3 Å². The van der Waals surface area contributed by atoms with Crippen LogP contribution in [0.1, 0.15) is 28.8 Å². The number of benzene rings is 1. The van der Waals surface area contributed by atoms with Gasteiger partial charge in [0.25, 0.3) is 5.91 Å². The summed E-state index contributed by atoms with van der Waals surface area (Å²) in [6.45, 7) is 2.61. The number of nitrogens with one attached hydrogen (secondary N) is 2. The van der Waals surface area contributed by atoms with E-state index in [1.54, 1.807) is 6.20 Å². The second-order valence-electron chi connectivity index (χ2n) is 6.25. The molecule has 144 valence electrons. The number of rotatable bonds is 6. The Bertz CT molecular complexity index is 791. The van der Waals surface area contributed by atoms with E-state index in [4.69, 9.17) is 0 Å². The van der Waals surface area contributed by atoms with Gasteiger partial charge in [0.1, 0.15) is 0 Å². The molecule has 1 aliphatic rings. The molecule has 0 aliphatic carbocycles. The van der Waals surface area contributed by atoms with Crippen molar-refractivity contribution in [3.05, 3.63) is 47.7 Å². The highest BCUT2D eigenvalue weighted by atomic mass is 19.4. The van der Waals surface area contributed by atoms with Crippen molar-refractivity contribution >= 4 is 17.4 Å². The minimum Gasteiger partial charge on any atom is -0.370 e. The standard InChI is InChI=1S/C18H20F3N5O/c19-18(20,21)14-5-3-4-13(10-14)17(27)23-7-6-22-16-11-15(12-24-25-16)26-8-1-2-9-26/h3-5,10-12H,1-2,6-9H2,(H,22,25)(H,23,27). The fraction of sp³-hybridized carbons (Fsp3) is 0.389. The van der Waals surface area contributed by atoms with Crippen molar-refractivity contribution in [2.24, 2.45) is 0 Å². The lowest BCUT2D eigenvalue weighted by atomic mass is 10.1. The van der Waals surface area contributed by atoms with E-state index in [0.717, 1.165) is 43.8 Å². The molecule has 2 N–H and O–H groups in total. The van der Waals surface area contributed by atoms with Crippen molar-refractivity contribution in [2.45, 2.75) is 19.0 Å². The van der Waals surface area contributed by atoms with E-state index < -0.39 is 17.6 Å². The Morgan fingerprint density at radius 1 is 1.15 bits per heavy atom. The predicted molar refractivity (Wildman–Crippen MR) is 95.7 cm³/mol. The van der Waals surface area contributed by atoms with E-state index in [0.29, 0.717) is 12.4 Å². The Morgan fingerprint density at radius 3 is 2.67 bits per heavy atom. The summed E-state index contributed by atoms with van der Waals surface area (Å²) in [5.74, 6) is 0.0347. The number of alkyl halides is 3. The first-order valence-electron chi connectivity index (χ1n) is 8.70. The SMILES string of the molecule is O=C(NCCNc1cc(N2CCCC2)cnn1)c1cccc(C(F)(F)F)c1. The molecule has 1 aromatic carbocycles. The minimum absolute atomic E-state index is 0.0272. The van der Waals surface area contributed by atoms with Crippen LogP contribution in [-0.2, 0) is 6.18 Å². The lowest BCUT2D eigenvalue weighted by molar-refractivity contribution is -0.137. The molecule has 0 bridgehead atoms. The molecule has 1 aliphatic heterocycles. The van der Waals surface area contributed by atoms with Gasteiger partial charge >= 0.3 is 6.18 Å². The second-order valence-corrected chi connectivity index (χ2v) is 6.25. The van der Waals surface area contributed by atoms with Gasteiger partial charge in [-0.3, -0.25) is 4.79 Å². The third-order valence-corrected chi connectivity index (χ3v) is 4.28. The third-order valence-electron chi connectivity index (χ3n) is 4.28. The van der Waals surface area contributed by atoms with E-state index in [-0.39, 0.29) is 12.1 Å². The molecular weight excluding hydrogens is 359 g/mol. The van der Waals surface area contributed by atoms with Gasteiger partial charge in [-0.05, 0) is 31.0 Å². The Kier molecular flexibility index (Phi) is 5.78. The van der Waals surface area contributed by atoms with Gasteiger partial charge in [0, 0.05) is 37.8 Å². The number of anilines is 2. The van der Waals surface area contributed by atoms with Gasteiger partial charge in [-0.1, -0.05) is 6.07 Å². The van der Waals surface area contributed by atoms with Crippen LogP contribution in [0.3, 0.4) is 0 Å².